The Morgan fingerprint density at radius 2 is 1.86 bits per heavy atom. The van der Waals surface area contributed by atoms with Crippen molar-refractivity contribution in [1.29, 1.82) is 0 Å². The van der Waals surface area contributed by atoms with Crippen LogP contribution in [0.4, 0.5) is 19.0 Å². The van der Waals surface area contributed by atoms with Crippen LogP contribution in [0.25, 0.3) is 22.0 Å². The minimum Gasteiger partial charge on any atom is -0.383 e. The Bertz CT molecular complexity index is 1070. The number of aromatic amines is 1. The molecule has 1 aromatic carbocycles. The Morgan fingerprint density at radius 3 is 2.55 bits per heavy atom. The van der Waals surface area contributed by atoms with E-state index in [2.05, 4.69) is 20.1 Å². The van der Waals surface area contributed by atoms with Crippen LogP contribution in [0.2, 0.25) is 0 Å². The largest absolute Gasteiger partial charge is 0.416 e. The minimum atomic E-state index is -4.52. The van der Waals surface area contributed by atoms with E-state index in [-0.39, 0.29) is 28.4 Å². The minimum absolute atomic E-state index is 0.0492. The number of amides is 1. The molecule has 4 rings (SSSR count). The van der Waals surface area contributed by atoms with Crippen LogP contribution in [-0.2, 0) is 6.18 Å². The third kappa shape index (κ3) is 3.63. The predicted molar refractivity (Wildman–Crippen MR) is 102 cm³/mol. The van der Waals surface area contributed by atoms with E-state index >= 15 is 0 Å². The van der Waals surface area contributed by atoms with Crippen molar-refractivity contribution in [2.45, 2.75) is 6.18 Å². The lowest BCUT2D eigenvalue weighted by Gasteiger charge is -2.32. The van der Waals surface area contributed by atoms with E-state index in [1.54, 1.807) is 4.90 Å². The van der Waals surface area contributed by atoms with E-state index < -0.39 is 11.7 Å². The number of alkyl halides is 3. The van der Waals surface area contributed by atoms with E-state index in [9.17, 15) is 18.0 Å². The van der Waals surface area contributed by atoms with Gasteiger partial charge in [-0.05, 0) is 30.8 Å². The molecular weight excluding hydrogens is 385 g/mol. The van der Waals surface area contributed by atoms with Crippen molar-refractivity contribution >= 4 is 22.6 Å². The van der Waals surface area contributed by atoms with Gasteiger partial charge in [0.05, 0.1) is 22.8 Å². The average molecular weight is 404 g/mol. The van der Waals surface area contributed by atoms with Crippen molar-refractivity contribution in [3.8, 4) is 11.1 Å². The van der Waals surface area contributed by atoms with Gasteiger partial charge in [-0.2, -0.15) is 18.3 Å². The van der Waals surface area contributed by atoms with Gasteiger partial charge in [0.15, 0.2) is 0 Å². The smallest absolute Gasteiger partial charge is 0.383 e. The molecule has 0 bridgehead atoms. The average Bonchev–Trinajstić information content (AvgIpc) is 3.16. The van der Waals surface area contributed by atoms with Gasteiger partial charge in [0.25, 0.3) is 5.91 Å². The zero-order valence-electron chi connectivity index (χ0n) is 15.6. The van der Waals surface area contributed by atoms with E-state index in [0.29, 0.717) is 24.0 Å². The fourth-order valence-electron chi connectivity index (χ4n) is 3.43. The number of piperazine rings is 1. The molecular formula is C19H19F3N6O. The summed E-state index contributed by atoms with van der Waals surface area (Å²) in [6.45, 7) is 2.58. The third-order valence-corrected chi connectivity index (χ3v) is 5.14. The van der Waals surface area contributed by atoms with E-state index in [4.69, 9.17) is 5.73 Å². The summed E-state index contributed by atoms with van der Waals surface area (Å²) in [7, 11) is 1.97. The fourth-order valence-corrected chi connectivity index (χ4v) is 3.43. The van der Waals surface area contributed by atoms with Crippen LogP contribution in [0.5, 0.6) is 0 Å². The lowest BCUT2D eigenvalue weighted by Crippen LogP contribution is -2.47. The van der Waals surface area contributed by atoms with Gasteiger partial charge < -0.3 is 15.5 Å². The number of benzene rings is 1. The first-order valence-corrected chi connectivity index (χ1v) is 9.02. The second kappa shape index (κ2) is 7.03. The van der Waals surface area contributed by atoms with Gasteiger partial charge in [0, 0.05) is 43.3 Å². The molecule has 0 atom stereocenters. The molecule has 0 aliphatic carbocycles. The first-order valence-electron chi connectivity index (χ1n) is 9.02. The molecule has 3 aromatic rings. The van der Waals surface area contributed by atoms with Crippen molar-refractivity contribution in [3.05, 3.63) is 41.7 Å². The van der Waals surface area contributed by atoms with Gasteiger partial charge >= 0.3 is 6.18 Å². The molecule has 1 saturated heterocycles. The number of nitrogen functional groups attached to an aromatic ring is 1. The molecule has 1 amide bonds. The summed E-state index contributed by atoms with van der Waals surface area (Å²) in [5, 5.41) is 6.92. The molecule has 0 radical (unpaired) electrons. The Labute approximate surface area is 164 Å². The third-order valence-electron chi connectivity index (χ3n) is 5.14. The highest BCUT2D eigenvalue weighted by Crippen LogP contribution is 2.37. The van der Waals surface area contributed by atoms with Crippen LogP contribution in [0.1, 0.15) is 15.9 Å². The summed E-state index contributed by atoms with van der Waals surface area (Å²) in [5.74, 6) is -0.228. The van der Waals surface area contributed by atoms with E-state index in [0.717, 1.165) is 25.2 Å². The van der Waals surface area contributed by atoms with E-state index in [1.165, 1.54) is 18.5 Å². The number of nitrogens with one attached hydrogen (secondary N) is 1. The van der Waals surface area contributed by atoms with Crippen molar-refractivity contribution in [2.75, 3.05) is 39.0 Å². The van der Waals surface area contributed by atoms with Gasteiger partial charge in [-0.3, -0.25) is 9.89 Å². The van der Waals surface area contributed by atoms with Crippen LogP contribution in [0.3, 0.4) is 0 Å². The summed E-state index contributed by atoms with van der Waals surface area (Å²) in [6.07, 6.45) is -1.70. The summed E-state index contributed by atoms with van der Waals surface area (Å²) >= 11 is 0. The monoisotopic (exact) mass is 404 g/mol. The summed E-state index contributed by atoms with van der Waals surface area (Å²) in [4.78, 5) is 20.8. The quantitative estimate of drug-likeness (QED) is 0.685. The lowest BCUT2D eigenvalue weighted by atomic mass is 9.98. The Balaban J connectivity index is 1.78. The topological polar surface area (TPSA) is 91.1 Å². The highest BCUT2D eigenvalue weighted by Gasteiger charge is 2.32. The maximum Gasteiger partial charge on any atom is 0.416 e. The molecule has 1 aliphatic heterocycles. The molecule has 7 nitrogen and oxygen atoms in total. The number of pyridine rings is 1. The van der Waals surface area contributed by atoms with Crippen LogP contribution in [0.15, 0.2) is 30.6 Å². The highest BCUT2D eigenvalue weighted by atomic mass is 19.4. The fraction of sp³-hybridized carbons (Fsp3) is 0.316. The molecule has 1 aliphatic rings. The van der Waals surface area contributed by atoms with Crippen molar-refractivity contribution < 1.29 is 18.0 Å². The molecule has 152 valence electrons. The van der Waals surface area contributed by atoms with Crippen LogP contribution in [0, 0.1) is 0 Å². The van der Waals surface area contributed by atoms with Crippen LogP contribution in [-0.4, -0.2) is 64.1 Å². The van der Waals surface area contributed by atoms with Gasteiger partial charge in [0.1, 0.15) is 5.82 Å². The number of nitrogens with zero attached hydrogens (tertiary/aromatic N) is 4. The van der Waals surface area contributed by atoms with Crippen LogP contribution < -0.4 is 5.73 Å². The second-order valence-electron chi connectivity index (χ2n) is 7.11. The highest BCUT2D eigenvalue weighted by molar-refractivity contribution is 6.01. The van der Waals surface area contributed by atoms with E-state index in [1.807, 2.05) is 7.05 Å². The molecule has 3 heterocycles. The number of anilines is 1. The standard InChI is InChI=1S/C19H19F3N6O/c1-27-2-4-28(5-3-27)18(29)14-6-11(9-24-17(14)23)13-7-12(19(20,21)22)8-16-15(13)10-25-26-16/h6-10H,2-5H2,1H3,(H2,23,24)(H,25,26). The van der Waals surface area contributed by atoms with Crippen molar-refractivity contribution in [3.63, 3.8) is 0 Å². The normalized spacial score (nSPS) is 15.8. The maximum atomic E-state index is 13.3. The van der Waals surface area contributed by atoms with Crippen LogP contribution >= 0.6 is 0 Å². The number of halogens is 3. The zero-order valence-corrected chi connectivity index (χ0v) is 15.6. The van der Waals surface area contributed by atoms with Crippen molar-refractivity contribution in [2.24, 2.45) is 0 Å². The van der Waals surface area contributed by atoms with Gasteiger partial charge in [-0.15, -0.1) is 0 Å². The Hall–Kier alpha value is -3.14. The maximum absolute atomic E-state index is 13.3. The first-order chi connectivity index (χ1) is 13.7. The number of rotatable bonds is 2. The number of likely N-dealkylation sites (N-methyl/N-ethyl adjacent to an activating group) is 1. The molecule has 10 heteroatoms. The van der Waals surface area contributed by atoms with Crippen molar-refractivity contribution in [1.82, 2.24) is 25.0 Å². The number of aromatic nitrogens is 3. The van der Waals surface area contributed by atoms with Gasteiger partial charge in [-0.25, -0.2) is 4.98 Å². The summed E-state index contributed by atoms with van der Waals surface area (Å²) < 4.78 is 40.0. The van der Waals surface area contributed by atoms with Gasteiger partial charge in [0.2, 0.25) is 0 Å². The first kappa shape index (κ1) is 19.2. The molecule has 29 heavy (non-hydrogen) atoms. The number of carbonyl (C=O) groups is 1. The predicted octanol–water partition coefficient (Wildman–Crippen LogP) is 2.61. The van der Waals surface area contributed by atoms with Gasteiger partial charge in [-0.1, -0.05) is 0 Å². The number of hydrogen-bond acceptors (Lipinski definition) is 5. The number of fused-ring (bicyclic) bond motifs is 1. The molecule has 2 aromatic heterocycles. The summed E-state index contributed by atoms with van der Waals surface area (Å²) in [6, 6.07) is 3.55. The molecule has 0 saturated carbocycles. The number of hydrogen-bond donors (Lipinski definition) is 2. The zero-order chi connectivity index (χ0) is 20.8. The Kier molecular flexibility index (Phi) is 4.65. The number of H-pyrrole nitrogens is 1. The summed E-state index contributed by atoms with van der Waals surface area (Å²) in [5.41, 5.74) is 6.20. The molecule has 0 spiro atoms. The molecule has 1 fully saturated rings. The number of carbonyl (C=O) groups excluding carboxylic acids is 1. The molecule has 3 N–H and O–H groups in total. The lowest BCUT2D eigenvalue weighted by molar-refractivity contribution is -0.137. The Morgan fingerprint density at radius 1 is 1.14 bits per heavy atom. The number of nitrogens with two attached hydrogens (primary N) is 1. The second-order valence-corrected chi connectivity index (χ2v) is 7.11. The SMILES string of the molecule is CN1CCN(C(=O)c2cc(-c3cc(C(F)(F)F)cc4[nH]ncc34)cnc2N)CC1. The molecule has 0 unspecified atom stereocenters.